The fraction of sp³-hybridized carbons (Fsp3) is 0.278. The van der Waals surface area contributed by atoms with Gasteiger partial charge in [0.05, 0.1) is 11.5 Å². The van der Waals surface area contributed by atoms with Crippen molar-refractivity contribution in [1.82, 2.24) is 4.90 Å². The van der Waals surface area contributed by atoms with E-state index in [4.69, 9.17) is 4.74 Å². The van der Waals surface area contributed by atoms with Gasteiger partial charge in [0.1, 0.15) is 12.4 Å². The van der Waals surface area contributed by atoms with E-state index in [9.17, 15) is 14.9 Å². The number of amides is 2. The van der Waals surface area contributed by atoms with E-state index >= 15 is 0 Å². The van der Waals surface area contributed by atoms with E-state index in [1.165, 1.54) is 11.0 Å². The van der Waals surface area contributed by atoms with Crippen LogP contribution in [0.3, 0.4) is 0 Å². The van der Waals surface area contributed by atoms with Crippen molar-refractivity contribution in [2.24, 2.45) is 0 Å². The fourth-order valence-electron chi connectivity index (χ4n) is 2.14. The van der Waals surface area contributed by atoms with Crippen LogP contribution in [0.25, 0.3) is 0 Å². The highest BCUT2D eigenvalue weighted by Crippen LogP contribution is 2.22. The number of hydrogen-bond donors (Lipinski definition) is 1. The molecule has 0 spiro atoms. The van der Waals surface area contributed by atoms with Crippen molar-refractivity contribution in [3.63, 3.8) is 0 Å². The number of hydrogen-bond acceptors (Lipinski definition) is 4. The van der Waals surface area contributed by atoms with Crippen molar-refractivity contribution in [2.75, 3.05) is 25.5 Å². The lowest BCUT2D eigenvalue weighted by Crippen LogP contribution is -2.34. The molecule has 0 saturated carbocycles. The van der Waals surface area contributed by atoms with E-state index in [-0.39, 0.29) is 11.7 Å². The first-order chi connectivity index (χ1) is 11.9. The number of rotatable bonds is 6. The second kappa shape index (κ2) is 8.14. The minimum Gasteiger partial charge on any atom is -0.492 e. The summed E-state index contributed by atoms with van der Waals surface area (Å²) in [6.07, 6.45) is 0. The quantitative estimate of drug-likeness (QED) is 0.639. The molecular formula is C18H21N3O4. The van der Waals surface area contributed by atoms with Crippen LogP contribution < -0.4 is 10.1 Å². The normalized spacial score (nSPS) is 10.2. The molecule has 0 aliphatic carbocycles. The molecule has 0 unspecified atom stereocenters. The molecule has 0 fully saturated rings. The Bertz CT molecular complexity index is 759. The zero-order chi connectivity index (χ0) is 18.4. The zero-order valence-electron chi connectivity index (χ0n) is 14.5. The average Bonchev–Trinajstić information content (AvgIpc) is 2.58. The number of nitrogens with one attached hydrogen (secondary N) is 1. The first-order valence-electron chi connectivity index (χ1n) is 7.83. The molecule has 0 heterocycles. The van der Waals surface area contributed by atoms with E-state index < -0.39 is 4.92 Å². The third-order valence-corrected chi connectivity index (χ3v) is 3.72. The summed E-state index contributed by atoms with van der Waals surface area (Å²) in [5, 5.41) is 13.6. The Morgan fingerprint density at radius 3 is 2.52 bits per heavy atom. The number of nitro benzene ring substituents is 1. The molecule has 25 heavy (non-hydrogen) atoms. The third-order valence-electron chi connectivity index (χ3n) is 3.72. The summed E-state index contributed by atoms with van der Waals surface area (Å²) in [5.41, 5.74) is 2.05. The van der Waals surface area contributed by atoms with Crippen LogP contribution in [0.5, 0.6) is 5.75 Å². The second-order valence-electron chi connectivity index (χ2n) is 5.77. The predicted octanol–water partition coefficient (Wildman–Crippen LogP) is 3.75. The lowest BCUT2D eigenvalue weighted by molar-refractivity contribution is -0.385. The minimum absolute atomic E-state index is 0.0249. The third kappa shape index (κ3) is 5.20. The van der Waals surface area contributed by atoms with E-state index in [1.54, 1.807) is 26.1 Å². The van der Waals surface area contributed by atoms with Crippen LogP contribution in [0.2, 0.25) is 0 Å². The van der Waals surface area contributed by atoms with Gasteiger partial charge >= 0.3 is 6.03 Å². The lowest BCUT2D eigenvalue weighted by atomic mass is 10.2. The average molecular weight is 343 g/mol. The van der Waals surface area contributed by atoms with Crippen molar-refractivity contribution in [1.29, 1.82) is 0 Å². The van der Waals surface area contributed by atoms with Crippen LogP contribution in [-0.4, -0.2) is 36.1 Å². The summed E-state index contributed by atoms with van der Waals surface area (Å²) in [5.74, 6) is 0.744. The maximum atomic E-state index is 12.2. The molecule has 0 aliphatic rings. The van der Waals surface area contributed by atoms with Crippen LogP contribution in [0, 0.1) is 24.0 Å². The van der Waals surface area contributed by atoms with E-state index in [0.29, 0.717) is 24.4 Å². The molecule has 0 bridgehead atoms. The van der Waals surface area contributed by atoms with E-state index in [2.05, 4.69) is 5.32 Å². The molecule has 2 aromatic carbocycles. The topological polar surface area (TPSA) is 84.7 Å². The van der Waals surface area contributed by atoms with Gasteiger partial charge in [0.15, 0.2) is 0 Å². The smallest absolute Gasteiger partial charge is 0.321 e. The van der Waals surface area contributed by atoms with Gasteiger partial charge in [-0.05, 0) is 32.0 Å². The molecule has 0 aromatic heterocycles. The standard InChI is InChI=1S/C18H21N3O4/c1-13-4-8-16(9-5-13)25-11-10-20(3)18(22)19-15-7-6-14(2)17(12-15)21(23)24/h4-9,12H,10-11H2,1-3H3,(H,19,22). The van der Waals surface area contributed by atoms with Gasteiger partial charge in [-0.25, -0.2) is 4.79 Å². The van der Waals surface area contributed by atoms with Crippen molar-refractivity contribution in [3.05, 3.63) is 63.7 Å². The molecule has 1 N–H and O–H groups in total. The summed E-state index contributed by atoms with van der Waals surface area (Å²) >= 11 is 0. The summed E-state index contributed by atoms with van der Waals surface area (Å²) in [7, 11) is 1.64. The minimum atomic E-state index is -0.468. The maximum Gasteiger partial charge on any atom is 0.321 e. The highest BCUT2D eigenvalue weighted by Gasteiger charge is 2.14. The van der Waals surface area contributed by atoms with Crippen molar-refractivity contribution < 1.29 is 14.5 Å². The summed E-state index contributed by atoms with van der Waals surface area (Å²) in [4.78, 5) is 24.1. The molecule has 7 heteroatoms. The molecule has 2 aromatic rings. The number of anilines is 1. The molecule has 2 rings (SSSR count). The number of nitro groups is 1. The molecule has 0 saturated heterocycles. The molecule has 7 nitrogen and oxygen atoms in total. The van der Waals surface area contributed by atoms with Gasteiger partial charge in [-0.3, -0.25) is 10.1 Å². The molecule has 0 atom stereocenters. The lowest BCUT2D eigenvalue weighted by Gasteiger charge is -2.18. The first-order valence-corrected chi connectivity index (χ1v) is 7.83. The van der Waals surface area contributed by atoms with Crippen molar-refractivity contribution in [2.45, 2.75) is 13.8 Å². The SMILES string of the molecule is Cc1ccc(OCCN(C)C(=O)Nc2ccc(C)c([N+](=O)[O-])c2)cc1. The summed E-state index contributed by atoms with van der Waals surface area (Å²) < 4.78 is 5.59. The second-order valence-corrected chi connectivity index (χ2v) is 5.77. The Morgan fingerprint density at radius 1 is 1.20 bits per heavy atom. The Balaban J connectivity index is 1.86. The Hall–Kier alpha value is -3.09. The van der Waals surface area contributed by atoms with Gasteiger partial charge in [-0.15, -0.1) is 0 Å². The highest BCUT2D eigenvalue weighted by molar-refractivity contribution is 5.89. The zero-order valence-corrected chi connectivity index (χ0v) is 14.5. The van der Waals surface area contributed by atoms with Crippen molar-refractivity contribution >= 4 is 17.4 Å². The van der Waals surface area contributed by atoms with Gasteiger partial charge in [-0.2, -0.15) is 0 Å². The van der Waals surface area contributed by atoms with Gasteiger partial charge in [0.2, 0.25) is 0 Å². The van der Waals surface area contributed by atoms with E-state index in [1.807, 2.05) is 31.2 Å². The predicted molar refractivity (Wildman–Crippen MR) is 96.2 cm³/mol. The maximum absolute atomic E-state index is 12.2. The van der Waals surface area contributed by atoms with Gasteiger partial charge < -0.3 is 15.0 Å². The molecule has 2 amide bonds. The van der Waals surface area contributed by atoms with Crippen LogP contribution in [-0.2, 0) is 0 Å². The number of aryl methyl sites for hydroxylation is 2. The summed E-state index contributed by atoms with van der Waals surface area (Å²) in [6.45, 7) is 4.38. The molecule has 0 aliphatic heterocycles. The van der Waals surface area contributed by atoms with Gasteiger partial charge in [-0.1, -0.05) is 23.8 Å². The Morgan fingerprint density at radius 2 is 1.88 bits per heavy atom. The Kier molecular flexibility index (Phi) is 5.94. The molecule has 132 valence electrons. The number of carbonyl (C=O) groups is 1. The fourth-order valence-corrected chi connectivity index (χ4v) is 2.14. The van der Waals surface area contributed by atoms with Gasteiger partial charge in [0, 0.05) is 24.4 Å². The monoisotopic (exact) mass is 343 g/mol. The van der Waals surface area contributed by atoms with Crippen molar-refractivity contribution in [3.8, 4) is 5.75 Å². The number of benzene rings is 2. The highest BCUT2D eigenvalue weighted by atomic mass is 16.6. The van der Waals surface area contributed by atoms with Crippen LogP contribution >= 0.6 is 0 Å². The number of ether oxygens (including phenoxy) is 1. The van der Waals surface area contributed by atoms with E-state index in [0.717, 1.165) is 11.3 Å². The van der Waals surface area contributed by atoms with Crippen LogP contribution in [0.4, 0.5) is 16.2 Å². The number of urea groups is 1. The summed E-state index contributed by atoms with van der Waals surface area (Å²) in [6, 6.07) is 11.9. The number of likely N-dealkylation sites (N-methyl/N-ethyl adjacent to an activating group) is 1. The first kappa shape index (κ1) is 18.3. The molecular weight excluding hydrogens is 322 g/mol. The number of nitrogens with zero attached hydrogens (tertiary/aromatic N) is 2. The number of carbonyl (C=O) groups excluding carboxylic acids is 1. The largest absolute Gasteiger partial charge is 0.492 e. The van der Waals surface area contributed by atoms with Crippen LogP contribution in [0.1, 0.15) is 11.1 Å². The van der Waals surface area contributed by atoms with Gasteiger partial charge in [0.25, 0.3) is 5.69 Å². The Labute approximate surface area is 146 Å². The molecule has 0 radical (unpaired) electrons. The van der Waals surface area contributed by atoms with Crippen LogP contribution in [0.15, 0.2) is 42.5 Å².